The molecule has 1 fully saturated rings. The van der Waals surface area contributed by atoms with E-state index in [4.69, 9.17) is 4.74 Å². The number of nitrogens with one attached hydrogen (secondary N) is 2. The number of rotatable bonds is 3. The molecule has 16 heavy (non-hydrogen) atoms. The summed E-state index contributed by atoms with van der Waals surface area (Å²) in [5.74, 6) is 0.365. The fraction of sp³-hybridized carbons (Fsp3) is 0.545. The number of H-pyrrole nitrogens is 1. The average Bonchev–Trinajstić information content (AvgIpc) is 2.31. The first-order valence-electron chi connectivity index (χ1n) is 5.48. The Balaban J connectivity index is 2.04. The van der Waals surface area contributed by atoms with Gasteiger partial charge in [0.2, 0.25) is 5.43 Å². The Morgan fingerprint density at radius 3 is 2.81 bits per heavy atom. The second-order valence-corrected chi connectivity index (χ2v) is 3.92. The van der Waals surface area contributed by atoms with Crippen molar-refractivity contribution in [1.82, 2.24) is 15.2 Å². The van der Waals surface area contributed by atoms with E-state index in [-0.39, 0.29) is 5.43 Å². The van der Waals surface area contributed by atoms with Gasteiger partial charge in [-0.3, -0.25) is 9.69 Å². The number of aromatic nitrogens is 1. The molecule has 1 saturated heterocycles. The van der Waals surface area contributed by atoms with E-state index in [1.807, 2.05) is 0 Å². The van der Waals surface area contributed by atoms with Crippen LogP contribution in [0, 0.1) is 0 Å². The average molecular weight is 223 g/mol. The van der Waals surface area contributed by atoms with Crippen molar-refractivity contribution in [2.24, 2.45) is 0 Å². The summed E-state index contributed by atoms with van der Waals surface area (Å²) < 4.78 is 4.92. The molecule has 0 unspecified atom stereocenters. The third-order valence-electron chi connectivity index (χ3n) is 2.76. The van der Waals surface area contributed by atoms with Crippen LogP contribution in [0.2, 0.25) is 0 Å². The van der Waals surface area contributed by atoms with Crippen molar-refractivity contribution in [3.05, 3.63) is 28.2 Å². The Morgan fingerprint density at radius 1 is 1.44 bits per heavy atom. The Morgan fingerprint density at radius 2 is 2.19 bits per heavy atom. The highest BCUT2D eigenvalue weighted by Gasteiger charge is 2.10. The lowest BCUT2D eigenvalue weighted by Crippen LogP contribution is -2.43. The van der Waals surface area contributed by atoms with Crippen LogP contribution in [0.15, 0.2) is 17.1 Å². The maximum atomic E-state index is 11.5. The van der Waals surface area contributed by atoms with Gasteiger partial charge in [-0.2, -0.15) is 0 Å². The van der Waals surface area contributed by atoms with E-state index < -0.39 is 0 Å². The molecule has 1 aliphatic rings. The van der Waals surface area contributed by atoms with Gasteiger partial charge < -0.3 is 15.0 Å². The summed E-state index contributed by atoms with van der Waals surface area (Å²) in [5, 5.41) is 3.30. The number of hydrogen-bond donors (Lipinski definition) is 2. The van der Waals surface area contributed by atoms with E-state index >= 15 is 0 Å². The van der Waals surface area contributed by atoms with Gasteiger partial charge in [0.15, 0.2) is 5.75 Å². The van der Waals surface area contributed by atoms with E-state index in [2.05, 4.69) is 15.2 Å². The third kappa shape index (κ3) is 2.62. The van der Waals surface area contributed by atoms with Crippen LogP contribution in [0.1, 0.15) is 5.69 Å². The second-order valence-electron chi connectivity index (χ2n) is 3.92. The summed E-state index contributed by atoms with van der Waals surface area (Å²) in [7, 11) is 1.50. The van der Waals surface area contributed by atoms with Crippen LogP contribution < -0.4 is 15.5 Å². The smallest absolute Gasteiger partial charge is 0.223 e. The van der Waals surface area contributed by atoms with E-state index in [0.717, 1.165) is 38.4 Å². The molecule has 1 aromatic rings. The van der Waals surface area contributed by atoms with Crippen LogP contribution in [-0.4, -0.2) is 43.2 Å². The molecule has 5 heteroatoms. The van der Waals surface area contributed by atoms with E-state index in [0.29, 0.717) is 5.75 Å². The minimum Gasteiger partial charge on any atom is -0.491 e. The third-order valence-corrected chi connectivity index (χ3v) is 2.76. The first kappa shape index (κ1) is 11.2. The summed E-state index contributed by atoms with van der Waals surface area (Å²) in [4.78, 5) is 16.9. The maximum Gasteiger partial charge on any atom is 0.223 e. The fourth-order valence-electron chi connectivity index (χ4n) is 1.86. The SMILES string of the molecule is COc1c[nH]c(CN2CCNCC2)cc1=O. The summed E-state index contributed by atoms with van der Waals surface area (Å²) in [5.41, 5.74) is 0.874. The van der Waals surface area contributed by atoms with Crippen LogP contribution in [-0.2, 0) is 6.54 Å². The van der Waals surface area contributed by atoms with Gasteiger partial charge >= 0.3 is 0 Å². The van der Waals surface area contributed by atoms with E-state index in [9.17, 15) is 4.79 Å². The molecule has 0 atom stereocenters. The Labute approximate surface area is 94.4 Å². The molecule has 0 spiro atoms. The van der Waals surface area contributed by atoms with Gasteiger partial charge in [0.25, 0.3) is 0 Å². The van der Waals surface area contributed by atoms with Crippen molar-refractivity contribution in [3.63, 3.8) is 0 Å². The topological polar surface area (TPSA) is 57.4 Å². The van der Waals surface area contributed by atoms with Gasteiger partial charge in [-0.05, 0) is 0 Å². The number of pyridine rings is 1. The molecular formula is C11H17N3O2. The molecule has 0 bridgehead atoms. The summed E-state index contributed by atoms with van der Waals surface area (Å²) in [6.07, 6.45) is 1.62. The molecule has 0 saturated carbocycles. The van der Waals surface area contributed by atoms with Crippen LogP contribution in [0.3, 0.4) is 0 Å². The van der Waals surface area contributed by atoms with Gasteiger partial charge in [-0.25, -0.2) is 0 Å². The highest BCUT2D eigenvalue weighted by molar-refractivity contribution is 5.20. The summed E-state index contributed by atoms with van der Waals surface area (Å²) in [6.45, 7) is 4.86. The van der Waals surface area contributed by atoms with Crippen molar-refractivity contribution in [3.8, 4) is 5.75 Å². The van der Waals surface area contributed by atoms with Crippen molar-refractivity contribution in [2.75, 3.05) is 33.3 Å². The van der Waals surface area contributed by atoms with Gasteiger partial charge in [0.05, 0.1) is 7.11 Å². The van der Waals surface area contributed by atoms with Gasteiger partial charge in [0, 0.05) is 50.7 Å². The molecule has 0 amide bonds. The van der Waals surface area contributed by atoms with Crippen LogP contribution in [0.25, 0.3) is 0 Å². The first-order chi connectivity index (χ1) is 7.79. The normalized spacial score (nSPS) is 17.3. The number of nitrogens with zero attached hydrogens (tertiary/aromatic N) is 1. The quantitative estimate of drug-likeness (QED) is 0.744. The zero-order valence-electron chi connectivity index (χ0n) is 9.45. The highest BCUT2D eigenvalue weighted by atomic mass is 16.5. The van der Waals surface area contributed by atoms with E-state index in [1.165, 1.54) is 7.11 Å². The molecular weight excluding hydrogens is 206 g/mol. The zero-order chi connectivity index (χ0) is 11.4. The molecule has 1 aliphatic heterocycles. The molecule has 0 radical (unpaired) electrons. The van der Waals surface area contributed by atoms with Gasteiger partial charge in [-0.15, -0.1) is 0 Å². The predicted octanol–water partition coefficient (Wildman–Crippen LogP) is -0.211. The van der Waals surface area contributed by atoms with Crippen LogP contribution >= 0.6 is 0 Å². The van der Waals surface area contributed by atoms with Crippen molar-refractivity contribution >= 4 is 0 Å². The second kappa shape index (κ2) is 5.14. The molecule has 5 nitrogen and oxygen atoms in total. The van der Waals surface area contributed by atoms with Gasteiger partial charge in [0.1, 0.15) is 0 Å². The molecule has 2 rings (SSSR count). The predicted molar refractivity (Wildman–Crippen MR) is 61.8 cm³/mol. The zero-order valence-corrected chi connectivity index (χ0v) is 9.45. The Bertz CT molecular complexity index is 396. The number of hydrogen-bond acceptors (Lipinski definition) is 4. The van der Waals surface area contributed by atoms with Crippen molar-refractivity contribution < 1.29 is 4.74 Å². The van der Waals surface area contributed by atoms with Crippen molar-refractivity contribution in [1.29, 1.82) is 0 Å². The van der Waals surface area contributed by atoms with Crippen molar-refractivity contribution in [2.45, 2.75) is 6.54 Å². The number of piperazine rings is 1. The minimum absolute atomic E-state index is 0.0635. The fourth-order valence-corrected chi connectivity index (χ4v) is 1.86. The van der Waals surface area contributed by atoms with Gasteiger partial charge in [-0.1, -0.05) is 0 Å². The molecule has 0 aliphatic carbocycles. The maximum absolute atomic E-state index is 11.5. The highest BCUT2D eigenvalue weighted by Crippen LogP contribution is 2.04. The largest absolute Gasteiger partial charge is 0.491 e. The molecule has 1 aromatic heterocycles. The summed E-state index contributed by atoms with van der Waals surface area (Å²) >= 11 is 0. The summed E-state index contributed by atoms with van der Waals surface area (Å²) in [6, 6.07) is 1.61. The Hall–Kier alpha value is -1.33. The van der Waals surface area contributed by atoms with E-state index in [1.54, 1.807) is 12.3 Å². The lowest BCUT2D eigenvalue weighted by Gasteiger charge is -2.26. The first-order valence-corrected chi connectivity index (χ1v) is 5.48. The lowest BCUT2D eigenvalue weighted by molar-refractivity contribution is 0.230. The number of ether oxygens (including phenoxy) is 1. The number of aromatic amines is 1. The monoisotopic (exact) mass is 223 g/mol. The molecule has 88 valence electrons. The number of methoxy groups -OCH3 is 1. The Kier molecular flexibility index (Phi) is 3.58. The molecule has 2 heterocycles. The minimum atomic E-state index is -0.0635. The standard InChI is InChI=1S/C11H17N3O2/c1-16-11-7-13-9(6-10(11)15)8-14-4-2-12-3-5-14/h6-7,12H,2-5,8H2,1H3,(H,13,15). The molecule has 0 aromatic carbocycles. The lowest BCUT2D eigenvalue weighted by atomic mass is 10.3. The molecule has 2 N–H and O–H groups in total. The van der Waals surface area contributed by atoms with Crippen LogP contribution in [0.5, 0.6) is 5.75 Å². The van der Waals surface area contributed by atoms with Crippen LogP contribution in [0.4, 0.5) is 0 Å².